The number of non-ortho nitro benzene ring substituents is 1. The molecule has 9 nitrogen and oxygen atoms in total. The average Bonchev–Trinajstić information content (AvgIpc) is 3.20. The number of rotatable bonds is 8. The molecule has 0 spiro atoms. The van der Waals surface area contributed by atoms with Gasteiger partial charge >= 0.3 is 5.97 Å². The summed E-state index contributed by atoms with van der Waals surface area (Å²) in [6.45, 7) is 0.247. The summed E-state index contributed by atoms with van der Waals surface area (Å²) in [7, 11) is 1.35. The number of nitro groups is 1. The van der Waals surface area contributed by atoms with Gasteiger partial charge in [-0.3, -0.25) is 14.9 Å². The van der Waals surface area contributed by atoms with Crippen LogP contribution in [0.25, 0.3) is 11.5 Å². The maximum absolute atomic E-state index is 11.7. The van der Waals surface area contributed by atoms with Gasteiger partial charge in [0, 0.05) is 23.7 Å². The summed E-state index contributed by atoms with van der Waals surface area (Å²) in [5, 5.41) is 21.9. The lowest BCUT2D eigenvalue weighted by molar-refractivity contribution is -0.384. The van der Waals surface area contributed by atoms with Gasteiger partial charge in [0.1, 0.15) is 0 Å². The van der Waals surface area contributed by atoms with Gasteiger partial charge in [0.05, 0.1) is 25.0 Å². The molecule has 1 heterocycles. The van der Waals surface area contributed by atoms with Crippen LogP contribution in [0.4, 0.5) is 5.69 Å². The molecule has 3 rings (SSSR count). The van der Waals surface area contributed by atoms with Gasteiger partial charge in [0.15, 0.2) is 0 Å². The highest BCUT2D eigenvalue weighted by atomic mass is 16.6. The van der Waals surface area contributed by atoms with Gasteiger partial charge < -0.3 is 14.5 Å². The summed E-state index contributed by atoms with van der Waals surface area (Å²) in [5.74, 6) is 0.258. The zero-order chi connectivity index (χ0) is 19.9. The quantitative estimate of drug-likeness (QED) is 0.358. The predicted octanol–water partition coefficient (Wildman–Crippen LogP) is 3.04. The first-order chi connectivity index (χ1) is 13.6. The van der Waals surface area contributed by atoms with Crippen LogP contribution >= 0.6 is 0 Å². The number of nitrogens with zero attached hydrogens (tertiary/aromatic N) is 3. The van der Waals surface area contributed by atoms with Gasteiger partial charge in [-0.15, -0.1) is 10.2 Å². The molecule has 0 unspecified atom stereocenters. The van der Waals surface area contributed by atoms with E-state index in [4.69, 9.17) is 9.15 Å². The van der Waals surface area contributed by atoms with Crippen molar-refractivity contribution in [2.45, 2.75) is 19.0 Å². The van der Waals surface area contributed by atoms with Crippen molar-refractivity contribution in [3.63, 3.8) is 0 Å². The first-order valence-corrected chi connectivity index (χ1v) is 8.49. The number of carbonyl (C=O) groups excluding carboxylic acids is 1. The summed E-state index contributed by atoms with van der Waals surface area (Å²) in [5.41, 5.74) is 1.50. The Kier molecular flexibility index (Phi) is 6.07. The van der Waals surface area contributed by atoms with Gasteiger partial charge in [-0.1, -0.05) is 30.3 Å². The van der Waals surface area contributed by atoms with E-state index in [0.717, 1.165) is 5.56 Å². The van der Waals surface area contributed by atoms with Crippen LogP contribution in [0.5, 0.6) is 0 Å². The lowest BCUT2D eigenvalue weighted by atomic mass is 10.0. The van der Waals surface area contributed by atoms with E-state index in [1.807, 2.05) is 30.3 Å². The van der Waals surface area contributed by atoms with E-state index < -0.39 is 4.92 Å². The molecular formula is C19H18N4O5. The third-order valence-corrected chi connectivity index (χ3v) is 4.09. The summed E-state index contributed by atoms with van der Waals surface area (Å²) in [6.07, 6.45) is 0.157. The molecular weight excluding hydrogens is 364 g/mol. The number of ether oxygens (including phenoxy) is 1. The molecule has 0 aliphatic heterocycles. The molecule has 0 fully saturated rings. The molecule has 3 aromatic rings. The zero-order valence-corrected chi connectivity index (χ0v) is 15.1. The Balaban J connectivity index is 1.69. The van der Waals surface area contributed by atoms with Gasteiger partial charge in [0.2, 0.25) is 11.8 Å². The monoisotopic (exact) mass is 382 g/mol. The Bertz CT molecular complexity index is 940. The average molecular weight is 382 g/mol. The number of hydrogen-bond donors (Lipinski definition) is 1. The minimum atomic E-state index is -0.474. The highest BCUT2D eigenvalue weighted by molar-refractivity contribution is 5.70. The highest BCUT2D eigenvalue weighted by Crippen LogP contribution is 2.22. The Morgan fingerprint density at radius 2 is 1.89 bits per heavy atom. The van der Waals surface area contributed by atoms with Crippen LogP contribution in [0, 0.1) is 10.1 Å². The standard InChI is InChI=1S/C19H18N4O5/c1-27-18(24)11-16(13-5-3-2-4-6-13)20-12-17-21-22-19(28-17)14-7-9-15(10-8-14)23(25)26/h2-10,16,20H,11-12H2,1H3/t16-/m1/s1. The summed E-state index contributed by atoms with van der Waals surface area (Å²) in [6, 6.07) is 15.1. The molecule has 0 saturated heterocycles. The van der Waals surface area contributed by atoms with Crippen molar-refractivity contribution in [1.29, 1.82) is 0 Å². The summed E-state index contributed by atoms with van der Waals surface area (Å²) < 4.78 is 10.4. The topological polar surface area (TPSA) is 120 Å². The first kappa shape index (κ1) is 19.2. The molecule has 1 atom stereocenters. The maximum atomic E-state index is 11.7. The molecule has 1 aromatic heterocycles. The maximum Gasteiger partial charge on any atom is 0.307 e. The minimum Gasteiger partial charge on any atom is -0.469 e. The van der Waals surface area contributed by atoms with E-state index in [-0.39, 0.29) is 36.6 Å². The van der Waals surface area contributed by atoms with Crippen molar-refractivity contribution >= 4 is 11.7 Å². The lowest BCUT2D eigenvalue weighted by Gasteiger charge is -2.17. The Morgan fingerprint density at radius 1 is 1.18 bits per heavy atom. The number of benzene rings is 2. The van der Waals surface area contributed by atoms with Crippen molar-refractivity contribution in [1.82, 2.24) is 15.5 Å². The number of esters is 1. The van der Waals surface area contributed by atoms with Crippen molar-refractivity contribution in [3.05, 3.63) is 76.2 Å². The van der Waals surface area contributed by atoms with E-state index >= 15 is 0 Å². The van der Waals surface area contributed by atoms with Gasteiger partial charge in [-0.2, -0.15) is 0 Å². The summed E-state index contributed by atoms with van der Waals surface area (Å²) >= 11 is 0. The highest BCUT2D eigenvalue weighted by Gasteiger charge is 2.18. The predicted molar refractivity (Wildman–Crippen MR) is 99.0 cm³/mol. The largest absolute Gasteiger partial charge is 0.469 e. The molecule has 0 amide bonds. The number of methoxy groups -OCH3 is 1. The second-order valence-electron chi connectivity index (χ2n) is 5.93. The molecule has 0 aliphatic rings. The van der Waals surface area contributed by atoms with Crippen molar-refractivity contribution in [2.75, 3.05) is 7.11 Å². The molecule has 144 valence electrons. The van der Waals surface area contributed by atoms with Crippen molar-refractivity contribution in [2.24, 2.45) is 0 Å². The van der Waals surface area contributed by atoms with E-state index in [1.165, 1.54) is 19.2 Å². The van der Waals surface area contributed by atoms with Crippen LogP contribution in [0.15, 0.2) is 59.0 Å². The van der Waals surface area contributed by atoms with Crippen LogP contribution in [0.1, 0.15) is 23.9 Å². The van der Waals surface area contributed by atoms with E-state index in [1.54, 1.807) is 12.1 Å². The minimum absolute atomic E-state index is 0.0151. The Morgan fingerprint density at radius 3 is 2.54 bits per heavy atom. The third-order valence-electron chi connectivity index (χ3n) is 4.09. The van der Waals surface area contributed by atoms with Crippen LogP contribution < -0.4 is 5.32 Å². The smallest absolute Gasteiger partial charge is 0.307 e. The summed E-state index contributed by atoms with van der Waals surface area (Å²) in [4.78, 5) is 22.0. The number of aromatic nitrogens is 2. The van der Waals surface area contributed by atoms with Gasteiger partial charge in [-0.25, -0.2) is 0 Å². The number of nitro benzene ring substituents is 1. The second kappa shape index (κ2) is 8.87. The molecule has 9 heteroatoms. The fourth-order valence-electron chi connectivity index (χ4n) is 2.62. The van der Waals surface area contributed by atoms with Gasteiger partial charge in [-0.05, 0) is 17.7 Å². The number of nitrogens with one attached hydrogen (secondary N) is 1. The van der Waals surface area contributed by atoms with Crippen LogP contribution in [0.3, 0.4) is 0 Å². The number of hydrogen-bond acceptors (Lipinski definition) is 8. The molecule has 0 radical (unpaired) electrons. The first-order valence-electron chi connectivity index (χ1n) is 8.49. The second-order valence-corrected chi connectivity index (χ2v) is 5.93. The molecule has 2 aromatic carbocycles. The molecule has 0 aliphatic carbocycles. The molecule has 28 heavy (non-hydrogen) atoms. The fraction of sp³-hybridized carbons (Fsp3) is 0.211. The number of carbonyl (C=O) groups is 1. The van der Waals surface area contributed by atoms with E-state index in [2.05, 4.69) is 15.5 Å². The lowest BCUT2D eigenvalue weighted by Crippen LogP contribution is -2.24. The molecule has 0 saturated carbocycles. The SMILES string of the molecule is COC(=O)C[C@@H](NCc1nnc(-c2ccc([N+](=O)[O-])cc2)o1)c1ccccc1. The van der Waals surface area contributed by atoms with Crippen LogP contribution in [-0.4, -0.2) is 28.2 Å². The van der Waals surface area contributed by atoms with Crippen LogP contribution in [0.2, 0.25) is 0 Å². The van der Waals surface area contributed by atoms with E-state index in [0.29, 0.717) is 11.5 Å². The van der Waals surface area contributed by atoms with Crippen molar-refractivity contribution in [3.8, 4) is 11.5 Å². The molecule has 0 bridgehead atoms. The normalized spacial score (nSPS) is 11.8. The van der Waals surface area contributed by atoms with Crippen molar-refractivity contribution < 1.29 is 18.9 Å². The van der Waals surface area contributed by atoms with Crippen LogP contribution in [-0.2, 0) is 16.1 Å². The zero-order valence-electron chi connectivity index (χ0n) is 15.1. The fourth-order valence-corrected chi connectivity index (χ4v) is 2.62. The Labute approximate surface area is 160 Å². The molecule has 1 N–H and O–H groups in total. The van der Waals surface area contributed by atoms with Gasteiger partial charge in [0.25, 0.3) is 5.69 Å². The third kappa shape index (κ3) is 4.77. The Hall–Kier alpha value is -3.59. The van der Waals surface area contributed by atoms with E-state index in [9.17, 15) is 14.9 Å².